The zero-order chi connectivity index (χ0) is 15.5. The monoisotopic (exact) mass is 330 g/mol. The predicted molar refractivity (Wildman–Crippen MR) is 89.4 cm³/mol. The Labute approximate surface area is 137 Å². The summed E-state index contributed by atoms with van der Waals surface area (Å²) in [6, 6.07) is 4.74. The maximum atomic E-state index is 11.8. The lowest BCUT2D eigenvalue weighted by molar-refractivity contribution is 0.0497. The third-order valence-electron chi connectivity index (χ3n) is 3.33. The second-order valence-corrected chi connectivity index (χ2v) is 6.14. The summed E-state index contributed by atoms with van der Waals surface area (Å²) in [6.45, 7) is 2.68. The molecule has 4 heteroatoms. The standard InChI is InChI=1S/C17H24Cl2O2/c1-2-3-4-5-6-7-8-9-10-21-17(20)14-11-15(18)13-16(19)12-14/h11-13H,2-10H2,1H3. The van der Waals surface area contributed by atoms with Crippen LogP contribution in [0.2, 0.25) is 10.0 Å². The molecule has 0 amide bonds. The summed E-state index contributed by atoms with van der Waals surface area (Å²) in [7, 11) is 0. The Bertz CT molecular complexity index is 413. The van der Waals surface area contributed by atoms with Crippen LogP contribution in [-0.4, -0.2) is 12.6 Å². The lowest BCUT2D eigenvalue weighted by atomic mass is 10.1. The average Bonchev–Trinajstić information content (AvgIpc) is 2.44. The van der Waals surface area contributed by atoms with E-state index in [1.54, 1.807) is 18.2 Å². The minimum absolute atomic E-state index is 0.359. The number of rotatable bonds is 10. The number of hydrogen-bond donors (Lipinski definition) is 0. The molecule has 0 N–H and O–H groups in total. The largest absolute Gasteiger partial charge is 0.462 e. The smallest absolute Gasteiger partial charge is 0.338 e. The van der Waals surface area contributed by atoms with Crippen molar-refractivity contribution in [3.63, 3.8) is 0 Å². The number of hydrogen-bond acceptors (Lipinski definition) is 2. The number of esters is 1. The highest BCUT2D eigenvalue weighted by Crippen LogP contribution is 2.19. The Morgan fingerprint density at radius 2 is 1.43 bits per heavy atom. The van der Waals surface area contributed by atoms with Crippen LogP contribution in [0.4, 0.5) is 0 Å². The molecular formula is C17H24Cl2O2. The maximum absolute atomic E-state index is 11.8. The van der Waals surface area contributed by atoms with E-state index in [1.807, 2.05) is 0 Å². The molecule has 1 aromatic carbocycles. The summed E-state index contributed by atoms with van der Waals surface area (Å²) in [6.07, 6.45) is 9.77. The lowest BCUT2D eigenvalue weighted by Gasteiger charge is -2.06. The molecule has 1 aromatic rings. The second-order valence-electron chi connectivity index (χ2n) is 5.27. The van der Waals surface area contributed by atoms with Gasteiger partial charge in [0.25, 0.3) is 0 Å². The molecule has 0 saturated heterocycles. The van der Waals surface area contributed by atoms with E-state index >= 15 is 0 Å². The molecule has 0 saturated carbocycles. The van der Waals surface area contributed by atoms with Gasteiger partial charge >= 0.3 is 5.97 Å². The van der Waals surface area contributed by atoms with Crippen molar-refractivity contribution in [3.8, 4) is 0 Å². The van der Waals surface area contributed by atoms with Gasteiger partial charge in [0.05, 0.1) is 12.2 Å². The number of carbonyl (C=O) groups excluding carboxylic acids is 1. The van der Waals surface area contributed by atoms with Gasteiger partial charge in [-0.05, 0) is 24.6 Å². The quantitative estimate of drug-likeness (QED) is 0.372. The van der Waals surface area contributed by atoms with Gasteiger partial charge in [0.1, 0.15) is 0 Å². The number of benzene rings is 1. The van der Waals surface area contributed by atoms with Crippen LogP contribution >= 0.6 is 23.2 Å². The van der Waals surface area contributed by atoms with E-state index in [9.17, 15) is 4.79 Å². The summed E-state index contributed by atoms with van der Waals surface area (Å²) in [5, 5.41) is 0.892. The van der Waals surface area contributed by atoms with Crippen molar-refractivity contribution in [3.05, 3.63) is 33.8 Å². The second kappa shape index (κ2) is 10.9. The van der Waals surface area contributed by atoms with Crippen LogP contribution in [0.1, 0.15) is 68.6 Å². The molecule has 0 aliphatic carbocycles. The van der Waals surface area contributed by atoms with Crippen molar-refractivity contribution in [2.24, 2.45) is 0 Å². The normalized spacial score (nSPS) is 10.6. The van der Waals surface area contributed by atoms with Gasteiger partial charge in [-0.3, -0.25) is 0 Å². The van der Waals surface area contributed by atoms with Gasteiger partial charge in [-0.25, -0.2) is 4.79 Å². The highest BCUT2D eigenvalue weighted by atomic mass is 35.5. The summed E-state index contributed by atoms with van der Waals surface area (Å²) in [5.74, 6) is -0.359. The van der Waals surface area contributed by atoms with Crippen LogP contribution < -0.4 is 0 Å². The molecule has 0 spiro atoms. The minimum atomic E-state index is -0.359. The maximum Gasteiger partial charge on any atom is 0.338 e. The van der Waals surface area contributed by atoms with E-state index in [4.69, 9.17) is 27.9 Å². The van der Waals surface area contributed by atoms with Crippen molar-refractivity contribution in [1.29, 1.82) is 0 Å². The van der Waals surface area contributed by atoms with Gasteiger partial charge in [-0.15, -0.1) is 0 Å². The van der Waals surface area contributed by atoms with E-state index in [2.05, 4.69) is 6.92 Å². The third kappa shape index (κ3) is 8.33. The van der Waals surface area contributed by atoms with Crippen molar-refractivity contribution < 1.29 is 9.53 Å². The number of ether oxygens (including phenoxy) is 1. The first kappa shape index (κ1) is 18.3. The highest BCUT2D eigenvalue weighted by Gasteiger charge is 2.08. The molecular weight excluding hydrogens is 307 g/mol. The van der Waals surface area contributed by atoms with Crippen LogP contribution in [0, 0.1) is 0 Å². The first-order valence-electron chi connectivity index (χ1n) is 7.76. The summed E-state index contributed by atoms with van der Waals surface area (Å²) in [5.41, 5.74) is 0.409. The Kier molecular flexibility index (Phi) is 9.53. The molecule has 0 aliphatic heterocycles. The first-order valence-corrected chi connectivity index (χ1v) is 8.52. The van der Waals surface area contributed by atoms with E-state index in [0.717, 1.165) is 12.8 Å². The molecule has 0 heterocycles. The van der Waals surface area contributed by atoms with Crippen molar-refractivity contribution in [1.82, 2.24) is 0 Å². The summed E-state index contributed by atoms with van der Waals surface area (Å²) < 4.78 is 5.23. The van der Waals surface area contributed by atoms with Crippen molar-refractivity contribution >= 4 is 29.2 Å². The minimum Gasteiger partial charge on any atom is -0.462 e. The Morgan fingerprint density at radius 3 is 2.00 bits per heavy atom. The van der Waals surface area contributed by atoms with Crippen LogP contribution in [0.15, 0.2) is 18.2 Å². The summed E-state index contributed by atoms with van der Waals surface area (Å²) >= 11 is 11.7. The molecule has 0 aliphatic rings. The Balaban J connectivity index is 2.11. The van der Waals surface area contributed by atoms with Crippen molar-refractivity contribution in [2.75, 3.05) is 6.61 Å². The molecule has 0 fully saturated rings. The van der Waals surface area contributed by atoms with E-state index < -0.39 is 0 Å². The molecule has 21 heavy (non-hydrogen) atoms. The fourth-order valence-electron chi connectivity index (χ4n) is 2.16. The zero-order valence-electron chi connectivity index (χ0n) is 12.7. The van der Waals surface area contributed by atoms with Crippen LogP contribution in [-0.2, 0) is 4.74 Å². The Hall–Kier alpha value is -0.730. The van der Waals surface area contributed by atoms with E-state index in [-0.39, 0.29) is 5.97 Å². The molecule has 2 nitrogen and oxygen atoms in total. The third-order valence-corrected chi connectivity index (χ3v) is 3.77. The van der Waals surface area contributed by atoms with Gasteiger partial charge in [0, 0.05) is 10.0 Å². The lowest BCUT2D eigenvalue weighted by Crippen LogP contribution is -2.06. The van der Waals surface area contributed by atoms with Gasteiger partial charge in [-0.1, -0.05) is 75.1 Å². The number of carbonyl (C=O) groups is 1. The Morgan fingerprint density at radius 1 is 0.905 bits per heavy atom. The molecule has 1 rings (SSSR count). The number of unbranched alkanes of at least 4 members (excludes halogenated alkanes) is 7. The SMILES string of the molecule is CCCCCCCCCCOC(=O)c1cc(Cl)cc(Cl)c1. The van der Waals surface area contributed by atoms with E-state index in [0.29, 0.717) is 22.2 Å². The topological polar surface area (TPSA) is 26.3 Å². The van der Waals surface area contributed by atoms with Gasteiger partial charge < -0.3 is 4.74 Å². The van der Waals surface area contributed by atoms with E-state index in [1.165, 1.54) is 38.5 Å². The first-order chi connectivity index (χ1) is 10.1. The number of halogens is 2. The van der Waals surface area contributed by atoms with Gasteiger partial charge in [0.2, 0.25) is 0 Å². The molecule has 0 unspecified atom stereocenters. The van der Waals surface area contributed by atoms with Crippen LogP contribution in [0.3, 0.4) is 0 Å². The van der Waals surface area contributed by atoms with Crippen LogP contribution in [0.25, 0.3) is 0 Å². The molecule has 0 radical (unpaired) electrons. The highest BCUT2D eigenvalue weighted by molar-refractivity contribution is 6.35. The molecule has 0 atom stereocenters. The van der Waals surface area contributed by atoms with Crippen molar-refractivity contribution in [2.45, 2.75) is 58.3 Å². The fraction of sp³-hybridized carbons (Fsp3) is 0.588. The zero-order valence-corrected chi connectivity index (χ0v) is 14.2. The molecule has 0 aromatic heterocycles. The van der Waals surface area contributed by atoms with Gasteiger partial charge in [0.15, 0.2) is 0 Å². The molecule has 0 bridgehead atoms. The summed E-state index contributed by atoms with van der Waals surface area (Å²) in [4.78, 5) is 11.8. The molecule has 118 valence electrons. The average molecular weight is 331 g/mol. The van der Waals surface area contributed by atoms with Gasteiger partial charge in [-0.2, -0.15) is 0 Å². The van der Waals surface area contributed by atoms with Crippen LogP contribution in [0.5, 0.6) is 0 Å². The fourth-order valence-corrected chi connectivity index (χ4v) is 2.68. The predicted octanol–water partition coefficient (Wildman–Crippen LogP) is 6.29.